The largest absolute Gasteiger partial charge is 0.370 e. The number of likely N-dealkylation sites (N-methyl/N-ethyl adjacent to an activating group) is 1. The highest BCUT2D eigenvalue weighted by molar-refractivity contribution is 5.94. The number of hydrogen-bond donors (Lipinski definition) is 2. The Morgan fingerprint density at radius 1 is 1.64 bits per heavy atom. The molecule has 0 aromatic carbocycles. The highest BCUT2D eigenvalue weighted by atomic mass is 15.3. The summed E-state index contributed by atoms with van der Waals surface area (Å²) in [6, 6.07) is 0.332. The van der Waals surface area contributed by atoms with Crippen molar-refractivity contribution in [2.75, 3.05) is 13.6 Å². The Labute approximate surface area is 84.9 Å². The van der Waals surface area contributed by atoms with E-state index >= 15 is 0 Å². The molecule has 0 aromatic rings. The molecule has 80 valence electrons. The Morgan fingerprint density at radius 3 is 2.79 bits per heavy atom. The van der Waals surface area contributed by atoms with Crippen LogP contribution in [0.25, 0.3) is 0 Å². The van der Waals surface area contributed by atoms with E-state index < -0.39 is 0 Å². The van der Waals surface area contributed by atoms with Gasteiger partial charge in [-0.05, 0) is 12.3 Å². The van der Waals surface area contributed by atoms with E-state index in [0.29, 0.717) is 17.9 Å². The Hall–Kier alpha value is -1.26. The lowest BCUT2D eigenvalue weighted by Crippen LogP contribution is -2.29. The second kappa shape index (κ2) is 4.30. The fourth-order valence-electron chi connectivity index (χ4n) is 1.60. The number of guanidine groups is 2. The number of hydrogen-bond acceptors (Lipinski definition) is 3. The van der Waals surface area contributed by atoms with Gasteiger partial charge in [0.15, 0.2) is 5.96 Å². The minimum Gasteiger partial charge on any atom is -0.370 e. The van der Waals surface area contributed by atoms with Crippen LogP contribution in [0.5, 0.6) is 0 Å². The van der Waals surface area contributed by atoms with E-state index in [9.17, 15) is 0 Å². The van der Waals surface area contributed by atoms with E-state index in [1.807, 2.05) is 11.9 Å². The van der Waals surface area contributed by atoms with Crippen molar-refractivity contribution < 1.29 is 0 Å². The zero-order valence-electron chi connectivity index (χ0n) is 9.07. The van der Waals surface area contributed by atoms with E-state index in [1.54, 1.807) is 0 Å². The lowest BCUT2D eigenvalue weighted by atomic mass is 10.1. The molecule has 0 unspecified atom stereocenters. The lowest BCUT2D eigenvalue weighted by Gasteiger charge is -2.12. The van der Waals surface area contributed by atoms with Crippen molar-refractivity contribution in [2.24, 2.45) is 27.4 Å². The summed E-state index contributed by atoms with van der Waals surface area (Å²) in [5, 5.41) is 0. The predicted octanol–water partition coefficient (Wildman–Crippen LogP) is -0.0241. The average Bonchev–Trinajstić information content (AvgIpc) is 2.28. The maximum absolute atomic E-state index is 5.30. The first kappa shape index (κ1) is 10.8. The monoisotopic (exact) mass is 197 g/mol. The van der Waals surface area contributed by atoms with Crippen molar-refractivity contribution in [3.05, 3.63) is 0 Å². The number of aliphatic imine (C=N–C) groups is 2. The molecule has 0 aliphatic carbocycles. The third kappa shape index (κ3) is 2.90. The van der Waals surface area contributed by atoms with Gasteiger partial charge in [0.2, 0.25) is 5.96 Å². The maximum Gasteiger partial charge on any atom is 0.224 e. The molecule has 0 bridgehead atoms. The second-order valence-corrected chi connectivity index (χ2v) is 4.13. The molecule has 0 saturated heterocycles. The van der Waals surface area contributed by atoms with Gasteiger partial charge in [0.1, 0.15) is 0 Å². The average molecular weight is 197 g/mol. The molecule has 1 rings (SSSR count). The lowest BCUT2D eigenvalue weighted by molar-refractivity contribution is 0.437. The predicted molar refractivity (Wildman–Crippen MR) is 59.1 cm³/mol. The topological polar surface area (TPSA) is 80.0 Å². The van der Waals surface area contributed by atoms with E-state index in [-0.39, 0.29) is 5.96 Å². The molecule has 1 atom stereocenters. The summed E-state index contributed by atoms with van der Waals surface area (Å²) >= 11 is 0. The zero-order valence-corrected chi connectivity index (χ0v) is 9.07. The smallest absolute Gasteiger partial charge is 0.224 e. The molecule has 0 amide bonds. The van der Waals surface area contributed by atoms with Crippen LogP contribution in [0.3, 0.4) is 0 Å². The Balaban J connectivity index is 2.63. The van der Waals surface area contributed by atoms with Crippen LogP contribution in [-0.2, 0) is 0 Å². The van der Waals surface area contributed by atoms with E-state index in [2.05, 4.69) is 23.8 Å². The molecule has 0 fully saturated rings. The molecule has 4 N–H and O–H groups in total. The van der Waals surface area contributed by atoms with Gasteiger partial charge in [0.05, 0.1) is 6.04 Å². The van der Waals surface area contributed by atoms with Crippen molar-refractivity contribution in [3.63, 3.8) is 0 Å². The summed E-state index contributed by atoms with van der Waals surface area (Å²) in [6.07, 6.45) is 1.08. The van der Waals surface area contributed by atoms with E-state index in [1.165, 1.54) is 0 Å². The minimum absolute atomic E-state index is 0.0702. The molecule has 0 aromatic heterocycles. The molecular formula is C9H19N5. The number of nitrogens with zero attached hydrogens (tertiary/aromatic N) is 3. The van der Waals surface area contributed by atoms with Crippen LogP contribution in [0, 0.1) is 5.92 Å². The van der Waals surface area contributed by atoms with Crippen LogP contribution in [0.4, 0.5) is 0 Å². The van der Waals surface area contributed by atoms with Crippen molar-refractivity contribution >= 4 is 11.9 Å². The normalized spacial score (nSPS) is 21.3. The molecule has 1 heterocycles. The summed E-state index contributed by atoms with van der Waals surface area (Å²) in [6.45, 7) is 5.28. The molecule has 1 aliphatic heterocycles. The first-order valence-corrected chi connectivity index (χ1v) is 4.87. The first-order valence-electron chi connectivity index (χ1n) is 4.87. The standard InChI is InChI=1S/C9H19N5/c1-6(2)4-7-5-14(3)9(12-7)13-8(10)11/h6-7H,4-5H2,1-3H3,(H4,10,11,12,13)/t7-/m0/s1. The summed E-state index contributed by atoms with van der Waals surface area (Å²) in [5.41, 5.74) is 10.6. The Bertz CT molecular complexity index is 252. The molecule has 0 spiro atoms. The molecule has 5 heteroatoms. The van der Waals surface area contributed by atoms with Crippen LogP contribution in [0.1, 0.15) is 20.3 Å². The van der Waals surface area contributed by atoms with Gasteiger partial charge in [-0.1, -0.05) is 13.8 Å². The zero-order chi connectivity index (χ0) is 10.7. The van der Waals surface area contributed by atoms with Gasteiger partial charge in [-0.2, -0.15) is 4.99 Å². The Morgan fingerprint density at radius 2 is 2.29 bits per heavy atom. The fraction of sp³-hybridized carbons (Fsp3) is 0.778. The maximum atomic E-state index is 5.30. The molecule has 0 radical (unpaired) electrons. The van der Waals surface area contributed by atoms with Crippen LogP contribution < -0.4 is 11.5 Å². The minimum atomic E-state index is 0.0702. The molecule has 14 heavy (non-hydrogen) atoms. The van der Waals surface area contributed by atoms with Gasteiger partial charge < -0.3 is 16.4 Å². The summed E-state index contributed by atoms with van der Waals surface area (Å²) in [7, 11) is 1.95. The van der Waals surface area contributed by atoms with Crippen molar-refractivity contribution in [2.45, 2.75) is 26.3 Å². The highest BCUT2D eigenvalue weighted by Gasteiger charge is 2.22. The van der Waals surface area contributed by atoms with Crippen molar-refractivity contribution in [3.8, 4) is 0 Å². The van der Waals surface area contributed by atoms with Gasteiger partial charge in [-0.25, -0.2) is 4.99 Å². The molecule has 5 nitrogen and oxygen atoms in total. The third-order valence-corrected chi connectivity index (χ3v) is 2.10. The van der Waals surface area contributed by atoms with E-state index in [4.69, 9.17) is 11.5 Å². The van der Waals surface area contributed by atoms with Crippen molar-refractivity contribution in [1.82, 2.24) is 4.90 Å². The number of nitrogens with two attached hydrogens (primary N) is 2. The van der Waals surface area contributed by atoms with Gasteiger partial charge in [-0.3, -0.25) is 0 Å². The SMILES string of the molecule is CC(C)C[C@H]1CN(C)C(N=C(N)N)=N1. The fourth-order valence-corrected chi connectivity index (χ4v) is 1.60. The summed E-state index contributed by atoms with van der Waals surface area (Å²) in [4.78, 5) is 10.4. The summed E-state index contributed by atoms with van der Waals surface area (Å²) in [5.74, 6) is 1.37. The van der Waals surface area contributed by atoms with Crippen LogP contribution in [0.2, 0.25) is 0 Å². The van der Waals surface area contributed by atoms with E-state index in [0.717, 1.165) is 13.0 Å². The van der Waals surface area contributed by atoms with Crippen molar-refractivity contribution in [1.29, 1.82) is 0 Å². The van der Waals surface area contributed by atoms with Gasteiger partial charge in [0.25, 0.3) is 0 Å². The van der Waals surface area contributed by atoms with Crippen LogP contribution in [-0.4, -0.2) is 36.5 Å². The number of rotatable bonds is 2. The van der Waals surface area contributed by atoms with Crippen LogP contribution in [0.15, 0.2) is 9.98 Å². The Kier molecular flexibility index (Phi) is 3.33. The van der Waals surface area contributed by atoms with Gasteiger partial charge >= 0.3 is 0 Å². The summed E-state index contributed by atoms with van der Waals surface area (Å²) < 4.78 is 0. The molecule has 0 saturated carbocycles. The molecular weight excluding hydrogens is 178 g/mol. The molecule has 1 aliphatic rings. The van der Waals surface area contributed by atoms with Crippen LogP contribution >= 0.6 is 0 Å². The second-order valence-electron chi connectivity index (χ2n) is 4.13. The van der Waals surface area contributed by atoms with Gasteiger partial charge in [0, 0.05) is 13.6 Å². The first-order chi connectivity index (χ1) is 6.49. The third-order valence-electron chi connectivity index (χ3n) is 2.10. The quantitative estimate of drug-likeness (QED) is 0.482. The van der Waals surface area contributed by atoms with Gasteiger partial charge in [-0.15, -0.1) is 0 Å². The highest BCUT2D eigenvalue weighted by Crippen LogP contribution is 2.15.